The molecule has 0 aromatic heterocycles. The molecule has 2 aromatic rings. The number of methoxy groups -OCH3 is 1. The van der Waals surface area contributed by atoms with E-state index >= 15 is 0 Å². The van der Waals surface area contributed by atoms with Crippen molar-refractivity contribution in [1.82, 2.24) is 0 Å². The lowest BCUT2D eigenvalue weighted by atomic mass is 10.2. The average molecular weight is 326 g/mol. The van der Waals surface area contributed by atoms with Gasteiger partial charge >= 0.3 is 0 Å². The molecule has 0 aliphatic heterocycles. The van der Waals surface area contributed by atoms with Crippen LogP contribution in [0.2, 0.25) is 0 Å². The Morgan fingerprint density at radius 3 is 2.47 bits per heavy atom. The van der Waals surface area contributed by atoms with Gasteiger partial charge in [0.15, 0.2) is 11.6 Å². The molecule has 0 unspecified atom stereocenters. The molecule has 2 rings (SSSR count). The summed E-state index contributed by atoms with van der Waals surface area (Å²) in [6.45, 7) is 1.88. The SMILES string of the molecule is COc1cc(Oc2ccc(Br)cc2C)c(F)cc1N. The van der Waals surface area contributed by atoms with Crippen LogP contribution in [0.25, 0.3) is 0 Å². The minimum Gasteiger partial charge on any atom is -0.494 e. The summed E-state index contributed by atoms with van der Waals surface area (Å²) in [5.74, 6) is 0.511. The Morgan fingerprint density at radius 2 is 1.84 bits per heavy atom. The zero-order valence-corrected chi connectivity index (χ0v) is 12.1. The van der Waals surface area contributed by atoms with Crippen molar-refractivity contribution in [3.63, 3.8) is 0 Å². The van der Waals surface area contributed by atoms with Crippen LogP contribution in [0.1, 0.15) is 5.56 Å². The molecule has 0 bridgehead atoms. The number of nitrogen functional groups attached to an aromatic ring is 1. The van der Waals surface area contributed by atoms with Gasteiger partial charge in [-0.25, -0.2) is 4.39 Å². The summed E-state index contributed by atoms with van der Waals surface area (Å²) in [6, 6.07) is 8.10. The third kappa shape index (κ3) is 2.98. The zero-order valence-electron chi connectivity index (χ0n) is 10.5. The van der Waals surface area contributed by atoms with Gasteiger partial charge in [-0.2, -0.15) is 0 Å². The molecule has 0 heterocycles. The second-order valence-corrected chi connectivity index (χ2v) is 4.95. The van der Waals surface area contributed by atoms with Crippen LogP contribution in [-0.2, 0) is 0 Å². The van der Waals surface area contributed by atoms with E-state index in [2.05, 4.69) is 15.9 Å². The summed E-state index contributed by atoms with van der Waals surface area (Å²) in [5.41, 5.74) is 6.75. The van der Waals surface area contributed by atoms with E-state index in [9.17, 15) is 4.39 Å². The van der Waals surface area contributed by atoms with Gasteiger partial charge in [0.25, 0.3) is 0 Å². The van der Waals surface area contributed by atoms with Gasteiger partial charge in [0, 0.05) is 16.6 Å². The van der Waals surface area contributed by atoms with Gasteiger partial charge < -0.3 is 15.2 Å². The van der Waals surface area contributed by atoms with Gasteiger partial charge in [-0.05, 0) is 30.7 Å². The van der Waals surface area contributed by atoms with Crippen LogP contribution in [0.15, 0.2) is 34.8 Å². The summed E-state index contributed by atoms with van der Waals surface area (Å²) in [4.78, 5) is 0. The maximum atomic E-state index is 13.8. The fraction of sp³-hybridized carbons (Fsp3) is 0.143. The number of halogens is 2. The number of hydrogen-bond acceptors (Lipinski definition) is 3. The Bertz CT molecular complexity index is 617. The summed E-state index contributed by atoms with van der Waals surface area (Å²) in [7, 11) is 1.47. The van der Waals surface area contributed by atoms with Crippen LogP contribution in [-0.4, -0.2) is 7.11 Å². The molecular weight excluding hydrogens is 313 g/mol. The normalized spacial score (nSPS) is 10.3. The van der Waals surface area contributed by atoms with E-state index in [4.69, 9.17) is 15.2 Å². The van der Waals surface area contributed by atoms with Crippen LogP contribution in [0.3, 0.4) is 0 Å². The zero-order chi connectivity index (χ0) is 14.0. The number of benzene rings is 2. The Morgan fingerprint density at radius 1 is 1.11 bits per heavy atom. The van der Waals surface area contributed by atoms with Crippen molar-refractivity contribution in [2.75, 3.05) is 12.8 Å². The molecule has 0 amide bonds. The van der Waals surface area contributed by atoms with Gasteiger partial charge in [-0.3, -0.25) is 0 Å². The smallest absolute Gasteiger partial charge is 0.168 e. The first-order chi connectivity index (χ1) is 9.01. The first-order valence-electron chi connectivity index (χ1n) is 5.58. The minimum atomic E-state index is -0.527. The summed E-state index contributed by atoms with van der Waals surface area (Å²) >= 11 is 3.36. The Balaban J connectivity index is 2.37. The molecule has 2 N–H and O–H groups in total. The van der Waals surface area contributed by atoms with Crippen molar-refractivity contribution >= 4 is 21.6 Å². The van der Waals surface area contributed by atoms with Gasteiger partial charge in [0.1, 0.15) is 11.5 Å². The van der Waals surface area contributed by atoms with Crippen LogP contribution in [0, 0.1) is 12.7 Å². The van der Waals surface area contributed by atoms with E-state index < -0.39 is 5.82 Å². The van der Waals surface area contributed by atoms with Crippen molar-refractivity contribution in [2.45, 2.75) is 6.92 Å². The predicted octanol–water partition coefficient (Wildman–Crippen LogP) is 4.28. The molecule has 3 nitrogen and oxygen atoms in total. The maximum absolute atomic E-state index is 13.8. The number of ether oxygens (including phenoxy) is 2. The topological polar surface area (TPSA) is 44.5 Å². The Hall–Kier alpha value is -1.75. The quantitative estimate of drug-likeness (QED) is 0.856. The monoisotopic (exact) mass is 325 g/mol. The average Bonchev–Trinajstić information content (AvgIpc) is 2.35. The maximum Gasteiger partial charge on any atom is 0.168 e. The largest absolute Gasteiger partial charge is 0.494 e. The standard InChI is InChI=1S/C14H13BrFNO2/c1-8-5-9(15)3-4-12(8)19-13-7-14(18-2)11(17)6-10(13)16/h3-7H,17H2,1-2H3. The number of rotatable bonds is 3. The molecule has 0 saturated carbocycles. The molecule has 19 heavy (non-hydrogen) atoms. The van der Waals surface area contributed by atoms with E-state index in [1.165, 1.54) is 19.2 Å². The molecule has 5 heteroatoms. The fourth-order valence-corrected chi connectivity index (χ4v) is 2.13. The molecule has 0 fully saturated rings. The molecule has 0 spiro atoms. The van der Waals surface area contributed by atoms with Crippen LogP contribution in [0.4, 0.5) is 10.1 Å². The fourth-order valence-electron chi connectivity index (χ4n) is 1.65. The van der Waals surface area contributed by atoms with Crippen LogP contribution >= 0.6 is 15.9 Å². The molecule has 0 radical (unpaired) electrons. The Labute approximate surface area is 119 Å². The minimum absolute atomic E-state index is 0.0801. The second kappa shape index (κ2) is 5.48. The number of hydrogen-bond donors (Lipinski definition) is 1. The van der Waals surface area contributed by atoms with Crippen molar-refractivity contribution in [3.05, 3.63) is 46.2 Å². The van der Waals surface area contributed by atoms with Crippen molar-refractivity contribution in [2.24, 2.45) is 0 Å². The Kier molecular flexibility index (Phi) is 3.95. The molecule has 0 saturated heterocycles. The highest BCUT2D eigenvalue weighted by molar-refractivity contribution is 9.10. The lowest BCUT2D eigenvalue weighted by Gasteiger charge is -2.12. The van der Waals surface area contributed by atoms with Gasteiger partial charge in [0.05, 0.1) is 12.8 Å². The van der Waals surface area contributed by atoms with Gasteiger partial charge in [-0.1, -0.05) is 15.9 Å². The first kappa shape index (κ1) is 13.7. The summed E-state index contributed by atoms with van der Waals surface area (Å²) in [6.07, 6.45) is 0. The van der Waals surface area contributed by atoms with Gasteiger partial charge in [0.2, 0.25) is 0 Å². The van der Waals surface area contributed by atoms with E-state index in [0.29, 0.717) is 11.5 Å². The van der Waals surface area contributed by atoms with Crippen molar-refractivity contribution < 1.29 is 13.9 Å². The highest BCUT2D eigenvalue weighted by Gasteiger charge is 2.11. The highest BCUT2D eigenvalue weighted by Crippen LogP contribution is 2.34. The van der Waals surface area contributed by atoms with E-state index in [1.54, 1.807) is 6.07 Å². The number of anilines is 1. The highest BCUT2D eigenvalue weighted by atomic mass is 79.9. The lowest BCUT2D eigenvalue weighted by molar-refractivity contribution is 0.402. The predicted molar refractivity (Wildman–Crippen MR) is 76.3 cm³/mol. The van der Waals surface area contributed by atoms with E-state index in [1.807, 2.05) is 19.1 Å². The molecule has 0 aliphatic carbocycles. The third-order valence-electron chi connectivity index (χ3n) is 2.64. The van der Waals surface area contributed by atoms with E-state index in [-0.39, 0.29) is 11.4 Å². The van der Waals surface area contributed by atoms with Crippen LogP contribution in [0.5, 0.6) is 17.2 Å². The summed E-state index contributed by atoms with van der Waals surface area (Å²) < 4.78 is 25.3. The molecule has 2 aromatic carbocycles. The second-order valence-electron chi connectivity index (χ2n) is 4.04. The van der Waals surface area contributed by atoms with Crippen molar-refractivity contribution in [1.29, 1.82) is 0 Å². The van der Waals surface area contributed by atoms with E-state index in [0.717, 1.165) is 10.0 Å². The lowest BCUT2D eigenvalue weighted by Crippen LogP contribution is -1.97. The molecular formula is C14H13BrFNO2. The summed E-state index contributed by atoms with van der Waals surface area (Å²) in [5, 5.41) is 0. The van der Waals surface area contributed by atoms with Crippen LogP contribution < -0.4 is 15.2 Å². The molecule has 0 atom stereocenters. The van der Waals surface area contributed by atoms with Gasteiger partial charge in [-0.15, -0.1) is 0 Å². The number of aryl methyl sites for hydroxylation is 1. The molecule has 0 aliphatic rings. The van der Waals surface area contributed by atoms with Crippen molar-refractivity contribution in [3.8, 4) is 17.2 Å². The third-order valence-corrected chi connectivity index (χ3v) is 3.13. The molecule has 100 valence electrons. The first-order valence-corrected chi connectivity index (χ1v) is 6.37. The number of nitrogens with two attached hydrogens (primary N) is 1.